The van der Waals surface area contributed by atoms with Crippen molar-refractivity contribution in [3.8, 4) is 0 Å². The second-order valence-electron chi connectivity index (χ2n) is 4.34. The Balaban J connectivity index is 2.23. The van der Waals surface area contributed by atoms with Crippen LogP contribution in [0.25, 0.3) is 0 Å². The van der Waals surface area contributed by atoms with Gasteiger partial charge in [0.1, 0.15) is 0 Å². The van der Waals surface area contributed by atoms with Crippen molar-refractivity contribution in [2.24, 2.45) is 0 Å². The van der Waals surface area contributed by atoms with Crippen LogP contribution in [0, 0.1) is 0 Å². The summed E-state index contributed by atoms with van der Waals surface area (Å²) in [7, 11) is 0. The molecule has 1 aromatic rings. The molecule has 0 saturated carbocycles. The molecule has 0 saturated heterocycles. The van der Waals surface area contributed by atoms with E-state index in [2.05, 4.69) is 36.7 Å². The van der Waals surface area contributed by atoms with E-state index in [4.69, 9.17) is 4.74 Å². The van der Waals surface area contributed by atoms with Crippen molar-refractivity contribution in [1.82, 2.24) is 5.32 Å². The molecule has 3 heteroatoms. The van der Waals surface area contributed by atoms with Crippen LogP contribution >= 0.6 is 11.3 Å². The van der Waals surface area contributed by atoms with E-state index < -0.39 is 0 Å². The summed E-state index contributed by atoms with van der Waals surface area (Å²) in [5.41, 5.74) is 0. The van der Waals surface area contributed by atoms with Crippen LogP contribution in [-0.2, 0) is 11.2 Å². The van der Waals surface area contributed by atoms with Gasteiger partial charge < -0.3 is 10.1 Å². The summed E-state index contributed by atoms with van der Waals surface area (Å²) in [6, 6.07) is 4.85. The van der Waals surface area contributed by atoms with Crippen LogP contribution in [0.4, 0.5) is 0 Å². The van der Waals surface area contributed by atoms with Crippen molar-refractivity contribution in [3.63, 3.8) is 0 Å². The van der Waals surface area contributed by atoms with Crippen molar-refractivity contribution in [3.05, 3.63) is 22.4 Å². The van der Waals surface area contributed by atoms with Gasteiger partial charge >= 0.3 is 0 Å². The van der Waals surface area contributed by atoms with Gasteiger partial charge in [-0.1, -0.05) is 19.9 Å². The molecule has 0 spiro atoms. The molecule has 98 valence electrons. The quantitative estimate of drug-likeness (QED) is 0.646. The van der Waals surface area contributed by atoms with Gasteiger partial charge in [0.15, 0.2) is 0 Å². The average molecular weight is 255 g/mol. The molecule has 1 heterocycles. The van der Waals surface area contributed by atoms with Gasteiger partial charge in [0.05, 0.1) is 6.61 Å². The highest BCUT2D eigenvalue weighted by molar-refractivity contribution is 7.09. The Kier molecular flexibility index (Phi) is 8.32. The average Bonchev–Trinajstić information content (AvgIpc) is 2.85. The third-order valence-electron chi connectivity index (χ3n) is 2.67. The number of hydrogen-bond donors (Lipinski definition) is 1. The zero-order chi connectivity index (χ0) is 12.3. The lowest BCUT2D eigenvalue weighted by Crippen LogP contribution is -2.34. The van der Waals surface area contributed by atoms with Gasteiger partial charge in [-0.15, -0.1) is 11.3 Å². The molecular weight excluding hydrogens is 230 g/mol. The molecule has 0 aromatic carbocycles. The molecule has 0 aliphatic carbocycles. The maximum absolute atomic E-state index is 5.65. The maximum Gasteiger partial charge on any atom is 0.0619 e. The normalized spacial score (nSPS) is 12.8. The first-order chi connectivity index (χ1) is 8.36. The predicted molar refractivity (Wildman–Crippen MR) is 75.8 cm³/mol. The van der Waals surface area contributed by atoms with Crippen molar-refractivity contribution >= 4 is 11.3 Å². The number of nitrogens with one attached hydrogen (secondary N) is 1. The third-order valence-corrected chi connectivity index (χ3v) is 3.61. The van der Waals surface area contributed by atoms with E-state index in [0.29, 0.717) is 6.04 Å². The molecule has 1 N–H and O–H groups in total. The molecule has 0 aliphatic heterocycles. The fraction of sp³-hybridized carbons (Fsp3) is 0.714. The molecule has 0 bridgehead atoms. The highest BCUT2D eigenvalue weighted by atomic mass is 32.1. The van der Waals surface area contributed by atoms with Gasteiger partial charge in [-0.05, 0) is 43.7 Å². The van der Waals surface area contributed by atoms with Crippen molar-refractivity contribution in [1.29, 1.82) is 0 Å². The van der Waals surface area contributed by atoms with E-state index in [1.54, 1.807) is 0 Å². The van der Waals surface area contributed by atoms with Crippen molar-refractivity contribution in [2.45, 2.75) is 45.6 Å². The fourth-order valence-electron chi connectivity index (χ4n) is 1.73. The molecule has 0 aliphatic rings. The summed E-state index contributed by atoms with van der Waals surface area (Å²) in [5, 5.41) is 5.72. The van der Waals surface area contributed by atoms with Crippen LogP contribution in [0.3, 0.4) is 0 Å². The molecule has 0 fully saturated rings. The number of hydrogen-bond acceptors (Lipinski definition) is 3. The van der Waals surface area contributed by atoms with Gasteiger partial charge in [-0.3, -0.25) is 0 Å². The highest BCUT2D eigenvalue weighted by Crippen LogP contribution is 2.12. The monoisotopic (exact) mass is 255 g/mol. The number of rotatable bonds is 10. The lowest BCUT2D eigenvalue weighted by atomic mass is 10.1. The van der Waals surface area contributed by atoms with Crippen LogP contribution in [0.15, 0.2) is 17.5 Å². The smallest absolute Gasteiger partial charge is 0.0619 e. The van der Waals surface area contributed by atoms with Crippen LogP contribution in [-0.4, -0.2) is 25.8 Å². The summed E-state index contributed by atoms with van der Waals surface area (Å²) in [4.78, 5) is 1.48. The van der Waals surface area contributed by atoms with Crippen LogP contribution in [0.5, 0.6) is 0 Å². The molecule has 1 rings (SSSR count). The fourth-order valence-corrected chi connectivity index (χ4v) is 2.46. The van der Waals surface area contributed by atoms with E-state index in [0.717, 1.165) is 32.6 Å². The highest BCUT2D eigenvalue weighted by Gasteiger charge is 2.08. The Labute approximate surface area is 109 Å². The van der Waals surface area contributed by atoms with E-state index in [-0.39, 0.29) is 0 Å². The first kappa shape index (κ1) is 14.7. The van der Waals surface area contributed by atoms with Gasteiger partial charge in [0.2, 0.25) is 0 Å². The maximum atomic E-state index is 5.65. The summed E-state index contributed by atoms with van der Waals surface area (Å²) in [6.45, 7) is 7.17. The Morgan fingerprint density at radius 3 is 2.88 bits per heavy atom. The molecule has 17 heavy (non-hydrogen) atoms. The van der Waals surface area contributed by atoms with E-state index in [1.165, 1.54) is 17.7 Å². The number of ether oxygens (including phenoxy) is 1. The Morgan fingerprint density at radius 1 is 1.35 bits per heavy atom. The van der Waals surface area contributed by atoms with Crippen LogP contribution in [0.1, 0.15) is 38.0 Å². The summed E-state index contributed by atoms with van der Waals surface area (Å²) < 4.78 is 5.65. The minimum absolute atomic E-state index is 0.503. The van der Waals surface area contributed by atoms with Gasteiger partial charge in [-0.25, -0.2) is 0 Å². The number of thiophene rings is 1. The van der Waals surface area contributed by atoms with Gasteiger partial charge in [0, 0.05) is 17.5 Å². The molecule has 0 radical (unpaired) electrons. The Bertz CT molecular complexity index is 261. The van der Waals surface area contributed by atoms with Crippen molar-refractivity contribution < 1.29 is 4.74 Å². The lowest BCUT2D eigenvalue weighted by molar-refractivity contribution is 0.109. The van der Waals surface area contributed by atoms with Gasteiger partial charge in [-0.2, -0.15) is 0 Å². The first-order valence-electron chi connectivity index (χ1n) is 6.70. The molecule has 1 atom stereocenters. The summed E-state index contributed by atoms with van der Waals surface area (Å²) >= 11 is 1.85. The molecule has 1 unspecified atom stereocenters. The standard InChI is InChI=1S/C14H25NOS/c1-3-9-15-13(12-16-10-4-2)7-8-14-6-5-11-17-14/h5-6,11,13,15H,3-4,7-10,12H2,1-2H3. The molecule has 1 aromatic heterocycles. The minimum Gasteiger partial charge on any atom is -0.380 e. The zero-order valence-electron chi connectivity index (χ0n) is 11.1. The predicted octanol–water partition coefficient (Wildman–Crippen LogP) is 3.48. The third kappa shape index (κ3) is 6.81. The van der Waals surface area contributed by atoms with Crippen molar-refractivity contribution in [2.75, 3.05) is 19.8 Å². The Morgan fingerprint density at radius 2 is 2.24 bits per heavy atom. The Hall–Kier alpha value is -0.380. The zero-order valence-corrected chi connectivity index (χ0v) is 11.9. The first-order valence-corrected chi connectivity index (χ1v) is 7.58. The SMILES string of the molecule is CCCNC(CCc1cccs1)COCCC. The second-order valence-corrected chi connectivity index (χ2v) is 5.38. The summed E-state index contributed by atoms with van der Waals surface area (Å²) in [6.07, 6.45) is 4.62. The second kappa shape index (κ2) is 9.63. The molecule has 2 nitrogen and oxygen atoms in total. The number of aryl methyl sites for hydroxylation is 1. The van der Waals surface area contributed by atoms with E-state index >= 15 is 0 Å². The largest absolute Gasteiger partial charge is 0.380 e. The van der Waals surface area contributed by atoms with E-state index in [1.807, 2.05) is 11.3 Å². The summed E-state index contributed by atoms with van der Waals surface area (Å²) in [5.74, 6) is 0. The molecule has 0 amide bonds. The van der Waals surface area contributed by atoms with Crippen LogP contribution < -0.4 is 5.32 Å². The van der Waals surface area contributed by atoms with Crippen LogP contribution in [0.2, 0.25) is 0 Å². The van der Waals surface area contributed by atoms with Gasteiger partial charge in [0.25, 0.3) is 0 Å². The minimum atomic E-state index is 0.503. The lowest BCUT2D eigenvalue weighted by Gasteiger charge is -2.18. The van der Waals surface area contributed by atoms with E-state index in [9.17, 15) is 0 Å². The topological polar surface area (TPSA) is 21.3 Å². The molecular formula is C14H25NOS.